The summed E-state index contributed by atoms with van der Waals surface area (Å²) in [6, 6.07) is 18.8. The smallest absolute Gasteiger partial charge is 0.226 e. The molecule has 0 fully saturated rings. The molecule has 3 aromatic rings. The normalized spacial score (nSPS) is 14.6. The van der Waals surface area contributed by atoms with Crippen LogP contribution in [0.5, 0.6) is 0 Å². The summed E-state index contributed by atoms with van der Waals surface area (Å²) in [4.78, 5) is 16.5. The number of aromatic amines is 1. The van der Waals surface area contributed by atoms with Gasteiger partial charge in [0.2, 0.25) is 5.91 Å². The first-order valence-corrected chi connectivity index (χ1v) is 9.95. The van der Waals surface area contributed by atoms with Gasteiger partial charge in [-0.3, -0.25) is 4.79 Å². The monoisotopic (exact) mass is 362 g/mol. The number of fused-ring (bicyclic) bond motifs is 1. The minimum absolute atomic E-state index is 0.151. The van der Waals surface area contributed by atoms with E-state index in [4.69, 9.17) is 0 Å². The Morgan fingerprint density at radius 3 is 2.48 bits per heavy atom. The molecule has 3 nitrogen and oxygen atoms in total. The van der Waals surface area contributed by atoms with E-state index in [0.29, 0.717) is 0 Å². The Labute approximate surface area is 162 Å². The fraction of sp³-hybridized carbons (Fsp3) is 0.375. The Morgan fingerprint density at radius 1 is 1.07 bits per heavy atom. The van der Waals surface area contributed by atoms with E-state index in [2.05, 4.69) is 73.5 Å². The third kappa shape index (κ3) is 4.41. The van der Waals surface area contributed by atoms with Crippen molar-refractivity contribution in [1.82, 2.24) is 10.3 Å². The van der Waals surface area contributed by atoms with Crippen LogP contribution in [0.2, 0.25) is 0 Å². The molecule has 1 heterocycles. The topological polar surface area (TPSA) is 44.9 Å². The highest BCUT2D eigenvalue weighted by atomic mass is 16.2. The summed E-state index contributed by atoms with van der Waals surface area (Å²) in [6.45, 7) is 6.32. The van der Waals surface area contributed by atoms with Gasteiger partial charge in [0, 0.05) is 23.1 Å². The lowest BCUT2D eigenvalue weighted by Crippen LogP contribution is -2.45. The van der Waals surface area contributed by atoms with Crippen LogP contribution in [0.1, 0.15) is 44.7 Å². The Balaban J connectivity index is 1.73. The average molecular weight is 363 g/mol. The van der Waals surface area contributed by atoms with Crippen LogP contribution in [0.25, 0.3) is 10.9 Å². The molecule has 3 rings (SSSR count). The number of aromatic nitrogens is 1. The molecule has 0 saturated carbocycles. The molecule has 0 spiro atoms. The molecule has 142 valence electrons. The lowest BCUT2D eigenvalue weighted by atomic mass is 9.80. The predicted molar refractivity (Wildman–Crippen MR) is 113 cm³/mol. The summed E-state index contributed by atoms with van der Waals surface area (Å²) in [5, 5.41) is 4.53. The van der Waals surface area contributed by atoms with Crippen LogP contribution in [0.15, 0.2) is 60.8 Å². The van der Waals surface area contributed by atoms with Crippen LogP contribution < -0.4 is 5.32 Å². The van der Waals surface area contributed by atoms with Crippen LogP contribution in [-0.2, 0) is 17.6 Å². The SMILES string of the molecule is CCC(Cc1ccccc1)NC(=O)C(C)(CC)Cc1c[nH]c2ccccc12. The molecule has 2 N–H and O–H groups in total. The summed E-state index contributed by atoms with van der Waals surface area (Å²) in [5.41, 5.74) is 3.18. The number of benzene rings is 2. The van der Waals surface area contributed by atoms with E-state index in [1.165, 1.54) is 16.5 Å². The van der Waals surface area contributed by atoms with Gasteiger partial charge in [0.25, 0.3) is 0 Å². The molecule has 0 saturated heterocycles. The molecule has 27 heavy (non-hydrogen) atoms. The van der Waals surface area contributed by atoms with Crippen LogP contribution in [-0.4, -0.2) is 16.9 Å². The van der Waals surface area contributed by atoms with Crippen LogP contribution >= 0.6 is 0 Å². The fourth-order valence-corrected chi connectivity index (χ4v) is 3.62. The number of hydrogen-bond donors (Lipinski definition) is 2. The maximum atomic E-state index is 13.2. The molecule has 2 aromatic carbocycles. The number of para-hydroxylation sites is 1. The first-order chi connectivity index (χ1) is 13.1. The first-order valence-electron chi connectivity index (χ1n) is 9.95. The fourth-order valence-electron chi connectivity index (χ4n) is 3.62. The Kier molecular flexibility index (Phi) is 6.00. The molecule has 0 radical (unpaired) electrons. The van der Waals surface area contributed by atoms with E-state index in [-0.39, 0.29) is 11.9 Å². The van der Waals surface area contributed by atoms with E-state index in [1.807, 2.05) is 18.3 Å². The number of hydrogen-bond acceptors (Lipinski definition) is 1. The maximum Gasteiger partial charge on any atom is 0.226 e. The molecule has 2 atom stereocenters. The van der Waals surface area contributed by atoms with Gasteiger partial charge in [-0.1, -0.05) is 69.3 Å². The molecule has 0 aliphatic rings. The average Bonchev–Trinajstić information content (AvgIpc) is 3.10. The van der Waals surface area contributed by atoms with E-state index in [9.17, 15) is 4.79 Å². The minimum Gasteiger partial charge on any atom is -0.361 e. The molecular formula is C24H30N2O. The van der Waals surface area contributed by atoms with E-state index >= 15 is 0 Å². The van der Waals surface area contributed by atoms with Crippen LogP contribution in [0, 0.1) is 5.41 Å². The van der Waals surface area contributed by atoms with Crippen molar-refractivity contribution in [2.45, 2.75) is 52.5 Å². The molecule has 1 amide bonds. The molecule has 0 bridgehead atoms. The van der Waals surface area contributed by atoms with Crippen molar-refractivity contribution in [2.75, 3.05) is 0 Å². The second-order valence-corrected chi connectivity index (χ2v) is 7.72. The van der Waals surface area contributed by atoms with Gasteiger partial charge in [0.15, 0.2) is 0 Å². The number of carbonyl (C=O) groups is 1. The van der Waals surface area contributed by atoms with Crippen LogP contribution in [0.4, 0.5) is 0 Å². The number of rotatable bonds is 8. The summed E-state index contributed by atoms with van der Waals surface area (Å²) in [6.07, 6.45) is 5.39. The number of carbonyl (C=O) groups excluding carboxylic acids is 1. The van der Waals surface area contributed by atoms with Gasteiger partial charge in [0.05, 0.1) is 5.41 Å². The highest BCUT2D eigenvalue weighted by molar-refractivity contribution is 5.86. The summed E-state index contributed by atoms with van der Waals surface area (Å²) >= 11 is 0. The second-order valence-electron chi connectivity index (χ2n) is 7.72. The van der Waals surface area contributed by atoms with Crippen molar-refractivity contribution in [3.05, 3.63) is 71.9 Å². The van der Waals surface area contributed by atoms with Crippen molar-refractivity contribution in [3.8, 4) is 0 Å². The molecule has 2 unspecified atom stereocenters. The molecule has 1 aromatic heterocycles. The zero-order valence-corrected chi connectivity index (χ0v) is 16.6. The highest BCUT2D eigenvalue weighted by Gasteiger charge is 2.33. The lowest BCUT2D eigenvalue weighted by Gasteiger charge is -2.30. The number of nitrogens with one attached hydrogen (secondary N) is 2. The lowest BCUT2D eigenvalue weighted by molar-refractivity contribution is -0.131. The highest BCUT2D eigenvalue weighted by Crippen LogP contribution is 2.31. The van der Waals surface area contributed by atoms with Crippen molar-refractivity contribution in [3.63, 3.8) is 0 Å². The third-order valence-electron chi connectivity index (χ3n) is 5.74. The van der Waals surface area contributed by atoms with Gasteiger partial charge in [-0.25, -0.2) is 0 Å². The van der Waals surface area contributed by atoms with Gasteiger partial charge < -0.3 is 10.3 Å². The summed E-state index contributed by atoms with van der Waals surface area (Å²) < 4.78 is 0. The van der Waals surface area contributed by atoms with E-state index in [1.54, 1.807) is 0 Å². The van der Waals surface area contributed by atoms with Crippen molar-refractivity contribution in [2.24, 2.45) is 5.41 Å². The van der Waals surface area contributed by atoms with E-state index < -0.39 is 5.41 Å². The van der Waals surface area contributed by atoms with Crippen LogP contribution in [0.3, 0.4) is 0 Å². The Hall–Kier alpha value is -2.55. The van der Waals surface area contributed by atoms with E-state index in [0.717, 1.165) is 31.2 Å². The summed E-state index contributed by atoms with van der Waals surface area (Å²) in [5.74, 6) is 0.151. The van der Waals surface area contributed by atoms with Gasteiger partial charge in [0.1, 0.15) is 0 Å². The third-order valence-corrected chi connectivity index (χ3v) is 5.74. The molecule has 0 aliphatic carbocycles. The molecule has 0 aliphatic heterocycles. The van der Waals surface area contributed by atoms with Crippen molar-refractivity contribution >= 4 is 16.8 Å². The van der Waals surface area contributed by atoms with Gasteiger partial charge in [-0.05, 0) is 42.9 Å². The number of amides is 1. The molecule has 3 heteroatoms. The zero-order chi connectivity index (χ0) is 19.3. The first kappa shape index (κ1) is 19.2. The minimum atomic E-state index is -0.422. The Morgan fingerprint density at radius 2 is 1.78 bits per heavy atom. The predicted octanol–water partition coefficient (Wildman–Crippen LogP) is 5.26. The van der Waals surface area contributed by atoms with Gasteiger partial charge in [-0.15, -0.1) is 0 Å². The van der Waals surface area contributed by atoms with Crippen molar-refractivity contribution < 1.29 is 4.79 Å². The number of H-pyrrole nitrogens is 1. The van der Waals surface area contributed by atoms with Crippen molar-refractivity contribution in [1.29, 1.82) is 0 Å². The standard InChI is InChI=1S/C24H30N2O/c1-4-20(15-18-11-7-6-8-12-18)26-23(27)24(3,5-2)16-19-17-25-22-14-10-9-13-21(19)22/h6-14,17,20,25H,4-5,15-16H2,1-3H3,(H,26,27). The van der Waals surface area contributed by atoms with Gasteiger partial charge >= 0.3 is 0 Å². The van der Waals surface area contributed by atoms with Gasteiger partial charge in [-0.2, -0.15) is 0 Å². The zero-order valence-electron chi connectivity index (χ0n) is 16.6. The summed E-state index contributed by atoms with van der Waals surface area (Å²) in [7, 11) is 0. The molecular weight excluding hydrogens is 332 g/mol. The quantitative estimate of drug-likeness (QED) is 0.564. The Bertz CT molecular complexity index is 884. The second kappa shape index (κ2) is 8.43. The largest absolute Gasteiger partial charge is 0.361 e. The maximum absolute atomic E-state index is 13.2.